The molecule has 1 aliphatic rings. The van der Waals surface area contributed by atoms with Crippen molar-refractivity contribution in [1.82, 2.24) is 5.32 Å². The summed E-state index contributed by atoms with van der Waals surface area (Å²) in [7, 11) is 1.78. The molecule has 0 unspecified atom stereocenters. The first kappa shape index (κ1) is 10.1. The number of nitrogens with one attached hydrogen (secondary N) is 1. The quantitative estimate of drug-likeness (QED) is 0.626. The maximum absolute atomic E-state index is 12.7. The second kappa shape index (κ2) is 4.88. The van der Waals surface area contributed by atoms with E-state index in [0.29, 0.717) is 6.61 Å². The molecule has 0 bridgehead atoms. The number of ether oxygens (including phenoxy) is 1. The Kier molecular flexibility index (Phi) is 4.95. The molecule has 1 fully saturated rings. The molecule has 1 N–H and O–H groups in total. The molecule has 2 atom stereocenters. The summed E-state index contributed by atoms with van der Waals surface area (Å²) < 4.78 is 17.6. The fourth-order valence-electron chi connectivity index (χ4n) is 1.03. The lowest BCUT2D eigenvalue weighted by Crippen LogP contribution is -2.42. The highest BCUT2D eigenvalue weighted by atomic mass is 35.5. The molecule has 0 aromatic heterocycles. The van der Waals surface area contributed by atoms with Crippen LogP contribution in [-0.4, -0.2) is 32.5 Å². The normalized spacial score (nSPS) is 33.0. The molecule has 0 saturated carbocycles. The molecule has 0 amide bonds. The topological polar surface area (TPSA) is 21.3 Å². The van der Waals surface area contributed by atoms with Crippen LogP contribution in [0.15, 0.2) is 0 Å². The van der Waals surface area contributed by atoms with E-state index in [-0.39, 0.29) is 25.1 Å². The molecule has 1 rings (SSSR count). The summed E-state index contributed by atoms with van der Waals surface area (Å²) in [6.45, 7) is 0.942. The Hall–Kier alpha value is 0.140. The van der Waals surface area contributed by atoms with E-state index in [9.17, 15) is 4.39 Å². The predicted molar refractivity (Wildman–Crippen MR) is 40.4 cm³/mol. The van der Waals surface area contributed by atoms with Gasteiger partial charge in [0.25, 0.3) is 0 Å². The third-order valence-electron chi connectivity index (χ3n) is 1.66. The van der Waals surface area contributed by atoms with Crippen molar-refractivity contribution in [2.75, 3.05) is 20.3 Å². The molecule has 1 aliphatic heterocycles. The van der Waals surface area contributed by atoms with E-state index >= 15 is 0 Å². The summed E-state index contributed by atoms with van der Waals surface area (Å²) in [6, 6.07) is 0.0127. The average Bonchev–Trinajstić information content (AvgIpc) is 1.89. The molecule has 0 spiro atoms. The van der Waals surface area contributed by atoms with Crippen molar-refractivity contribution in [2.24, 2.45) is 0 Å². The van der Waals surface area contributed by atoms with Gasteiger partial charge in [0, 0.05) is 12.6 Å². The van der Waals surface area contributed by atoms with Crippen molar-refractivity contribution in [3.05, 3.63) is 0 Å². The lowest BCUT2D eigenvalue weighted by atomic mass is 10.1. The monoisotopic (exact) mass is 169 g/mol. The van der Waals surface area contributed by atoms with Gasteiger partial charge in [-0.25, -0.2) is 4.39 Å². The van der Waals surface area contributed by atoms with Crippen LogP contribution in [0.25, 0.3) is 0 Å². The van der Waals surface area contributed by atoms with Crippen LogP contribution >= 0.6 is 12.4 Å². The number of alkyl halides is 1. The van der Waals surface area contributed by atoms with E-state index in [1.54, 1.807) is 7.05 Å². The Balaban J connectivity index is 0.000000810. The van der Waals surface area contributed by atoms with Crippen LogP contribution in [0, 0.1) is 0 Å². The summed E-state index contributed by atoms with van der Waals surface area (Å²) in [4.78, 5) is 0. The third kappa shape index (κ3) is 2.40. The van der Waals surface area contributed by atoms with Gasteiger partial charge in [0.05, 0.1) is 6.61 Å². The van der Waals surface area contributed by atoms with Crippen molar-refractivity contribution in [2.45, 2.75) is 18.6 Å². The van der Waals surface area contributed by atoms with Gasteiger partial charge in [-0.2, -0.15) is 0 Å². The Bertz CT molecular complexity index is 93.8. The van der Waals surface area contributed by atoms with Crippen molar-refractivity contribution in [3.8, 4) is 0 Å². The van der Waals surface area contributed by atoms with E-state index in [1.807, 2.05) is 0 Å². The summed E-state index contributed by atoms with van der Waals surface area (Å²) in [6.07, 6.45) is -0.0266. The summed E-state index contributed by atoms with van der Waals surface area (Å²) in [5.74, 6) is 0. The van der Waals surface area contributed by atoms with E-state index in [2.05, 4.69) is 5.32 Å². The van der Waals surface area contributed by atoms with Gasteiger partial charge >= 0.3 is 0 Å². The first-order valence-electron chi connectivity index (χ1n) is 3.23. The number of hydrogen-bond acceptors (Lipinski definition) is 2. The fourth-order valence-corrected chi connectivity index (χ4v) is 1.03. The average molecular weight is 170 g/mol. The first-order chi connectivity index (χ1) is 4.34. The molecular weight excluding hydrogens is 157 g/mol. The maximum Gasteiger partial charge on any atom is 0.139 e. The molecule has 1 saturated heterocycles. The summed E-state index contributed by atoms with van der Waals surface area (Å²) in [5, 5.41) is 2.90. The Morgan fingerprint density at radius 3 is 2.70 bits per heavy atom. The lowest BCUT2D eigenvalue weighted by Gasteiger charge is -2.25. The zero-order valence-corrected chi connectivity index (χ0v) is 6.79. The molecule has 62 valence electrons. The van der Waals surface area contributed by atoms with Crippen LogP contribution in [0.5, 0.6) is 0 Å². The number of halogens is 2. The lowest BCUT2D eigenvalue weighted by molar-refractivity contribution is 0.0160. The van der Waals surface area contributed by atoms with E-state index in [1.165, 1.54) is 0 Å². The second-order valence-electron chi connectivity index (χ2n) is 2.27. The van der Waals surface area contributed by atoms with Gasteiger partial charge in [-0.1, -0.05) is 0 Å². The van der Waals surface area contributed by atoms with Crippen molar-refractivity contribution in [3.63, 3.8) is 0 Å². The second-order valence-corrected chi connectivity index (χ2v) is 2.27. The van der Waals surface area contributed by atoms with Gasteiger partial charge in [-0.3, -0.25) is 0 Å². The van der Waals surface area contributed by atoms with Gasteiger partial charge < -0.3 is 10.1 Å². The molecule has 0 aliphatic carbocycles. The van der Waals surface area contributed by atoms with Gasteiger partial charge in [0.2, 0.25) is 0 Å². The smallest absolute Gasteiger partial charge is 0.139 e. The van der Waals surface area contributed by atoms with Crippen LogP contribution in [0.2, 0.25) is 0 Å². The van der Waals surface area contributed by atoms with Gasteiger partial charge in [-0.15, -0.1) is 12.4 Å². The molecular formula is C6H13ClFNO. The van der Waals surface area contributed by atoms with Gasteiger partial charge in [0.1, 0.15) is 6.17 Å². The third-order valence-corrected chi connectivity index (χ3v) is 1.66. The minimum Gasteiger partial charge on any atom is -0.378 e. The highest BCUT2D eigenvalue weighted by Crippen LogP contribution is 2.09. The fraction of sp³-hybridized carbons (Fsp3) is 1.00. The molecule has 0 aromatic rings. The largest absolute Gasteiger partial charge is 0.378 e. The van der Waals surface area contributed by atoms with Crippen LogP contribution in [0.4, 0.5) is 4.39 Å². The van der Waals surface area contributed by atoms with Crippen molar-refractivity contribution >= 4 is 12.4 Å². The van der Waals surface area contributed by atoms with Gasteiger partial charge in [-0.05, 0) is 13.5 Å². The Morgan fingerprint density at radius 2 is 2.30 bits per heavy atom. The highest BCUT2D eigenvalue weighted by molar-refractivity contribution is 5.85. The number of rotatable bonds is 1. The zero-order valence-electron chi connectivity index (χ0n) is 5.97. The summed E-state index contributed by atoms with van der Waals surface area (Å²) >= 11 is 0. The van der Waals surface area contributed by atoms with Crippen molar-refractivity contribution in [1.29, 1.82) is 0 Å². The zero-order chi connectivity index (χ0) is 6.69. The van der Waals surface area contributed by atoms with Crippen LogP contribution in [-0.2, 0) is 4.74 Å². The Labute approximate surface area is 66.5 Å². The first-order valence-corrected chi connectivity index (χ1v) is 3.23. The summed E-state index contributed by atoms with van der Waals surface area (Å²) in [5.41, 5.74) is 0. The standard InChI is InChI=1S/C6H12FNO.ClH/c1-8-6-2-3-9-4-5(6)7;/h5-6,8H,2-4H2,1H3;1H/t5-,6-;/m1./s1. The van der Waals surface area contributed by atoms with Crippen LogP contribution in [0.1, 0.15) is 6.42 Å². The SMILES string of the molecule is CN[C@@H]1CCOC[C@H]1F.Cl. The van der Waals surface area contributed by atoms with E-state index in [4.69, 9.17) is 4.74 Å². The Morgan fingerprint density at radius 1 is 1.60 bits per heavy atom. The molecule has 2 nitrogen and oxygen atoms in total. The van der Waals surface area contributed by atoms with Crippen LogP contribution in [0.3, 0.4) is 0 Å². The minimum absolute atomic E-state index is 0. The molecule has 1 heterocycles. The maximum atomic E-state index is 12.7. The molecule has 0 aromatic carbocycles. The molecule has 10 heavy (non-hydrogen) atoms. The highest BCUT2D eigenvalue weighted by Gasteiger charge is 2.22. The molecule has 0 radical (unpaired) electrons. The van der Waals surface area contributed by atoms with Crippen molar-refractivity contribution < 1.29 is 9.13 Å². The molecule has 4 heteroatoms. The minimum atomic E-state index is -0.816. The number of hydrogen-bond donors (Lipinski definition) is 1. The van der Waals surface area contributed by atoms with Gasteiger partial charge in [0.15, 0.2) is 0 Å². The van der Waals surface area contributed by atoms with E-state index < -0.39 is 6.17 Å². The van der Waals surface area contributed by atoms with E-state index in [0.717, 1.165) is 6.42 Å². The van der Waals surface area contributed by atoms with Crippen LogP contribution < -0.4 is 5.32 Å². The predicted octanol–water partition coefficient (Wildman–Crippen LogP) is 0.755.